The van der Waals surface area contributed by atoms with E-state index in [1.54, 1.807) is 0 Å². The molecular formula is C11H7F17O6S. The molecule has 0 amide bonds. The molecule has 0 radical (unpaired) electrons. The largest absolute Gasteiger partial charge is 0.491 e. The zero-order valence-electron chi connectivity index (χ0n) is 15.6. The summed E-state index contributed by atoms with van der Waals surface area (Å²) in [6.07, 6.45) is -38.0. The van der Waals surface area contributed by atoms with E-state index in [2.05, 4.69) is 4.74 Å². The van der Waals surface area contributed by atoms with Crippen LogP contribution in [-0.2, 0) is 24.3 Å². The van der Waals surface area contributed by atoms with E-state index in [-0.39, 0.29) is 0 Å². The number of rotatable bonds is 11. The number of ether oxygens (including phenoxy) is 3. The van der Waals surface area contributed by atoms with Crippen molar-refractivity contribution in [3.8, 4) is 0 Å². The Balaban J connectivity index is 6.84. The molecule has 0 saturated heterocycles. The third-order valence-corrected chi connectivity index (χ3v) is 3.85. The van der Waals surface area contributed by atoms with Crippen molar-refractivity contribution in [3.05, 3.63) is 0 Å². The number of hydrogen-bond donors (Lipinski definition) is 1. The maximum absolute atomic E-state index is 14.0. The van der Waals surface area contributed by atoms with Crippen molar-refractivity contribution in [2.45, 2.75) is 67.3 Å². The van der Waals surface area contributed by atoms with E-state index < -0.39 is 77.5 Å². The summed E-state index contributed by atoms with van der Waals surface area (Å²) in [6, 6.07) is 0. The second-order valence-corrected chi connectivity index (χ2v) is 7.59. The molecule has 0 saturated carbocycles. The van der Waals surface area contributed by atoms with Crippen LogP contribution in [0.2, 0.25) is 0 Å². The Kier molecular flexibility index (Phi) is 8.80. The van der Waals surface area contributed by atoms with Gasteiger partial charge in [0.2, 0.25) is 12.3 Å². The normalized spacial score (nSPS) is 20.3. The van der Waals surface area contributed by atoms with Gasteiger partial charge in [0, 0.05) is 0 Å². The van der Waals surface area contributed by atoms with Gasteiger partial charge in [-0.3, -0.25) is 18.8 Å². The first-order valence-electron chi connectivity index (χ1n) is 7.48. The lowest BCUT2D eigenvalue weighted by Crippen LogP contribution is -2.69. The van der Waals surface area contributed by atoms with Crippen molar-refractivity contribution in [2.75, 3.05) is 0 Å². The number of hydrogen-bond acceptors (Lipinski definition) is 5. The minimum Gasteiger partial charge on any atom is -0.279 e. The molecule has 3 atom stereocenters. The van der Waals surface area contributed by atoms with Crippen LogP contribution in [-0.4, -0.2) is 67.0 Å². The molecule has 0 rings (SSSR count). The van der Waals surface area contributed by atoms with Crippen LogP contribution in [0.4, 0.5) is 74.6 Å². The molecule has 0 spiro atoms. The summed E-state index contributed by atoms with van der Waals surface area (Å²) < 4.78 is 256. The van der Waals surface area contributed by atoms with Crippen molar-refractivity contribution in [2.24, 2.45) is 0 Å². The number of halogens is 17. The third kappa shape index (κ3) is 6.88. The highest BCUT2D eigenvalue weighted by molar-refractivity contribution is 7.86. The molecule has 212 valence electrons. The van der Waals surface area contributed by atoms with Crippen LogP contribution >= 0.6 is 0 Å². The van der Waals surface area contributed by atoms with Gasteiger partial charge in [0.25, 0.3) is 0 Å². The first-order chi connectivity index (χ1) is 14.8. The molecular weight excluding hydrogens is 583 g/mol. The molecule has 0 aromatic rings. The molecule has 0 heterocycles. The fourth-order valence-electron chi connectivity index (χ4n) is 1.67. The van der Waals surface area contributed by atoms with Gasteiger partial charge < -0.3 is 0 Å². The maximum atomic E-state index is 14.0. The summed E-state index contributed by atoms with van der Waals surface area (Å²) in [5, 5.41) is 0. The summed E-state index contributed by atoms with van der Waals surface area (Å²) in [7, 11) is -7.49. The molecule has 0 fully saturated rings. The lowest BCUT2D eigenvalue weighted by molar-refractivity contribution is -0.561. The molecule has 0 aromatic heterocycles. The highest BCUT2D eigenvalue weighted by atomic mass is 32.2. The van der Waals surface area contributed by atoms with E-state index >= 15 is 0 Å². The van der Waals surface area contributed by atoms with E-state index in [0.717, 1.165) is 0 Å². The summed E-state index contributed by atoms with van der Waals surface area (Å²) >= 11 is 0. The van der Waals surface area contributed by atoms with E-state index in [0.29, 0.717) is 0 Å². The molecule has 35 heavy (non-hydrogen) atoms. The second kappa shape index (κ2) is 9.16. The van der Waals surface area contributed by atoms with Gasteiger partial charge in [0.1, 0.15) is 0 Å². The van der Waals surface area contributed by atoms with Crippen molar-refractivity contribution in [1.82, 2.24) is 0 Å². The quantitative estimate of drug-likeness (QED) is 0.255. The average Bonchev–Trinajstić information content (AvgIpc) is 2.47. The fourth-order valence-corrected chi connectivity index (χ4v) is 1.89. The predicted octanol–water partition coefficient (Wildman–Crippen LogP) is 5.46. The first-order valence-corrected chi connectivity index (χ1v) is 8.92. The molecule has 0 aliphatic carbocycles. The SMILES string of the molecule is CC(F)(CC(F)F)OC(F)(F)C(F)(OC(F)(F)C(F)(OC(F)(F)S(=O)(=O)O)C(F)(F)F)C(F)(F)F. The van der Waals surface area contributed by atoms with Crippen molar-refractivity contribution in [3.63, 3.8) is 0 Å². The topological polar surface area (TPSA) is 82.1 Å². The molecule has 0 aliphatic heterocycles. The zero-order valence-corrected chi connectivity index (χ0v) is 16.4. The molecule has 1 N–H and O–H groups in total. The van der Waals surface area contributed by atoms with Crippen molar-refractivity contribution < 1.29 is 102 Å². The maximum Gasteiger partial charge on any atom is 0.491 e. The van der Waals surface area contributed by atoms with Gasteiger partial charge >= 0.3 is 51.8 Å². The summed E-state index contributed by atoms with van der Waals surface area (Å²) in [6.45, 7) is -0.590. The van der Waals surface area contributed by atoms with Crippen LogP contribution in [0.3, 0.4) is 0 Å². The van der Waals surface area contributed by atoms with Crippen molar-refractivity contribution in [1.29, 1.82) is 0 Å². The van der Waals surface area contributed by atoms with Crippen LogP contribution < -0.4 is 0 Å². The lowest BCUT2D eigenvalue weighted by Gasteiger charge is -2.41. The van der Waals surface area contributed by atoms with E-state index in [9.17, 15) is 83.1 Å². The van der Waals surface area contributed by atoms with Crippen LogP contribution in [0.15, 0.2) is 0 Å². The van der Waals surface area contributed by atoms with Crippen LogP contribution in [0.25, 0.3) is 0 Å². The molecule has 3 unspecified atom stereocenters. The van der Waals surface area contributed by atoms with Gasteiger partial charge in [0.05, 0.1) is 6.42 Å². The Morgan fingerprint density at radius 3 is 1.26 bits per heavy atom. The smallest absolute Gasteiger partial charge is 0.279 e. The Morgan fingerprint density at radius 2 is 0.971 bits per heavy atom. The summed E-state index contributed by atoms with van der Waals surface area (Å²) in [5.41, 5.74) is -7.14. The zero-order chi connectivity index (χ0) is 28.9. The first kappa shape index (κ1) is 33.6. The minimum absolute atomic E-state index is 0.590. The average molecular weight is 590 g/mol. The Morgan fingerprint density at radius 1 is 0.657 bits per heavy atom. The Labute approximate surface area is 180 Å². The molecule has 0 bridgehead atoms. The molecule has 0 aromatic carbocycles. The van der Waals surface area contributed by atoms with E-state index in [1.807, 2.05) is 0 Å². The molecule has 24 heteroatoms. The van der Waals surface area contributed by atoms with Crippen LogP contribution in [0.1, 0.15) is 13.3 Å². The van der Waals surface area contributed by atoms with E-state index in [4.69, 9.17) is 4.55 Å². The van der Waals surface area contributed by atoms with Gasteiger partial charge in [-0.15, -0.1) is 0 Å². The lowest BCUT2D eigenvalue weighted by atomic mass is 10.2. The van der Waals surface area contributed by atoms with Gasteiger partial charge in [-0.25, -0.2) is 13.2 Å². The fraction of sp³-hybridized carbons (Fsp3) is 1.00. The molecule has 0 aliphatic rings. The van der Waals surface area contributed by atoms with Crippen molar-refractivity contribution >= 4 is 10.1 Å². The van der Waals surface area contributed by atoms with Gasteiger partial charge in [-0.1, -0.05) is 0 Å². The second-order valence-electron chi connectivity index (χ2n) is 6.16. The standard InChI is InChI=1S/C11H7F17O6S/c1-4(14,2-3(12)13)32-9(23,24)5(15,7(17,18)19)33-10(25,26)6(16,8(20,21)22)34-11(27,28)35(29,30)31/h3H,2H2,1H3,(H,29,30,31). The predicted molar refractivity (Wildman–Crippen MR) is 69.6 cm³/mol. The van der Waals surface area contributed by atoms with Crippen LogP contribution in [0.5, 0.6) is 0 Å². The van der Waals surface area contributed by atoms with Gasteiger partial charge in [-0.2, -0.15) is 69.9 Å². The Hall–Kier alpha value is -1.40. The number of alkyl halides is 17. The highest BCUT2D eigenvalue weighted by Gasteiger charge is 2.85. The minimum atomic E-state index is -8.12. The van der Waals surface area contributed by atoms with Gasteiger partial charge in [0.15, 0.2) is 0 Å². The monoisotopic (exact) mass is 590 g/mol. The summed E-state index contributed by atoms with van der Waals surface area (Å²) in [4.78, 5) is 0. The van der Waals surface area contributed by atoms with E-state index in [1.165, 1.54) is 9.47 Å². The summed E-state index contributed by atoms with van der Waals surface area (Å²) in [5.74, 6) is -20.7. The third-order valence-electron chi connectivity index (χ3n) is 3.17. The van der Waals surface area contributed by atoms with Gasteiger partial charge in [-0.05, 0) is 6.92 Å². The Bertz CT molecular complexity index is 852. The highest BCUT2D eigenvalue weighted by Crippen LogP contribution is 2.56. The molecule has 6 nitrogen and oxygen atoms in total. The van der Waals surface area contributed by atoms with Crippen LogP contribution in [0, 0.1) is 0 Å².